The summed E-state index contributed by atoms with van der Waals surface area (Å²) in [6.45, 7) is 2.95. The lowest BCUT2D eigenvalue weighted by atomic mass is 10.1. The summed E-state index contributed by atoms with van der Waals surface area (Å²) < 4.78 is 0. The highest BCUT2D eigenvalue weighted by Gasteiger charge is 2.19. The maximum atomic E-state index is 11.8. The van der Waals surface area contributed by atoms with E-state index in [-0.39, 0.29) is 29.9 Å². The highest BCUT2D eigenvalue weighted by Crippen LogP contribution is 2.15. The van der Waals surface area contributed by atoms with E-state index in [0.717, 1.165) is 41.6 Å². The normalized spacial score (nSPS) is 14.0. The topological polar surface area (TPSA) is 47.9 Å². The van der Waals surface area contributed by atoms with Crippen molar-refractivity contribution in [3.05, 3.63) is 70.2 Å². The maximum absolute atomic E-state index is 11.8. The monoisotopic (exact) mass is 526 g/mol. The quantitative estimate of drug-likeness (QED) is 0.347. The number of rotatable bonds is 6. The Morgan fingerprint density at radius 3 is 2.59 bits per heavy atom. The molecule has 1 fully saturated rings. The average Bonchev–Trinajstić information content (AvgIpc) is 3.07. The van der Waals surface area contributed by atoms with Crippen LogP contribution >= 0.6 is 35.6 Å². The molecule has 3 rings (SSSR count). The minimum atomic E-state index is 0. The molecule has 2 aromatic carbocycles. The predicted molar refractivity (Wildman–Crippen MR) is 130 cm³/mol. The summed E-state index contributed by atoms with van der Waals surface area (Å²) in [7, 11) is 3.79. The molecule has 0 unspecified atom stereocenters. The maximum Gasteiger partial charge on any atom is 0.222 e. The predicted octanol–water partition coefficient (Wildman–Crippen LogP) is 4.29. The zero-order valence-electron chi connectivity index (χ0n) is 16.9. The molecule has 0 radical (unpaired) electrons. The van der Waals surface area contributed by atoms with Gasteiger partial charge in [-0.2, -0.15) is 0 Å². The first-order chi connectivity index (χ1) is 13.5. The van der Waals surface area contributed by atoms with Gasteiger partial charge < -0.3 is 15.1 Å². The smallest absolute Gasteiger partial charge is 0.222 e. The van der Waals surface area contributed by atoms with Crippen LogP contribution in [-0.2, 0) is 24.4 Å². The molecule has 0 aromatic heterocycles. The summed E-state index contributed by atoms with van der Waals surface area (Å²) >= 11 is 6.08. The number of carbonyl (C=O) groups excluding carboxylic acids is 1. The van der Waals surface area contributed by atoms with Crippen molar-refractivity contribution in [3.8, 4) is 0 Å². The molecule has 1 aliphatic heterocycles. The standard InChI is InChI=1S/C22H27ClN4O.HI/c1-24-22(26(2)15-19-8-4-9-20(23)13-19)25-14-17-6-3-7-18(12-17)16-27-11-5-10-21(27)28;/h3-4,6-9,12-13H,5,10-11,14-16H2,1-2H3,(H,24,25);1H. The molecule has 0 spiro atoms. The summed E-state index contributed by atoms with van der Waals surface area (Å²) in [5.41, 5.74) is 3.47. The fraction of sp³-hybridized carbons (Fsp3) is 0.364. The third-order valence-electron chi connectivity index (χ3n) is 4.87. The van der Waals surface area contributed by atoms with Crippen LogP contribution in [0.5, 0.6) is 0 Å². The number of nitrogens with one attached hydrogen (secondary N) is 1. The summed E-state index contributed by atoms with van der Waals surface area (Å²) in [5, 5.41) is 4.15. The fourth-order valence-corrected chi connectivity index (χ4v) is 3.69. The number of hydrogen-bond acceptors (Lipinski definition) is 2. The van der Waals surface area contributed by atoms with Crippen molar-refractivity contribution >= 4 is 47.4 Å². The van der Waals surface area contributed by atoms with E-state index < -0.39 is 0 Å². The summed E-state index contributed by atoms with van der Waals surface area (Å²) in [6, 6.07) is 16.2. The zero-order chi connectivity index (χ0) is 19.9. The highest BCUT2D eigenvalue weighted by molar-refractivity contribution is 14.0. The zero-order valence-corrected chi connectivity index (χ0v) is 20.0. The van der Waals surface area contributed by atoms with Crippen LogP contribution < -0.4 is 5.32 Å². The number of likely N-dealkylation sites (tertiary alicyclic amines) is 1. The van der Waals surface area contributed by atoms with Gasteiger partial charge in [0.15, 0.2) is 5.96 Å². The second kappa shape index (κ2) is 11.4. The Morgan fingerprint density at radius 2 is 1.90 bits per heavy atom. The van der Waals surface area contributed by atoms with Crippen LogP contribution in [0.25, 0.3) is 0 Å². The van der Waals surface area contributed by atoms with E-state index in [2.05, 4.69) is 39.5 Å². The molecule has 1 heterocycles. The van der Waals surface area contributed by atoms with E-state index in [0.29, 0.717) is 19.5 Å². The number of hydrogen-bond donors (Lipinski definition) is 1. The lowest BCUT2D eigenvalue weighted by molar-refractivity contribution is -0.128. The van der Waals surface area contributed by atoms with Crippen molar-refractivity contribution in [2.45, 2.75) is 32.5 Å². The van der Waals surface area contributed by atoms with Crippen LogP contribution in [0.3, 0.4) is 0 Å². The van der Waals surface area contributed by atoms with E-state index in [1.54, 1.807) is 7.05 Å². The number of nitrogens with zero attached hydrogens (tertiary/aromatic N) is 3. The molecule has 0 atom stereocenters. The fourth-order valence-electron chi connectivity index (χ4n) is 3.48. The van der Waals surface area contributed by atoms with Crippen molar-refractivity contribution in [2.75, 3.05) is 20.6 Å². The highest BCUT2D eigenvalue weighted by atomic mass is 127. The van der Waals surface area contributed by atoms with Gasteiger partial charge in [0.05, 0.1) is 0 Å². The largest absolute Gasteiger partial charge is 0.352 e. The number of aliphatic imine (C=N–C) groups is 1. The van der Waals surface area contributed by atoms with Crippen LogP contribution in [0.4, 0.5) is 0 Å². The molecule has 0 aliphatic carbocycles. The molecule has 2 aromatic rings. The lowest BCUT2D eigenvalue weighted by Crippen LogP contribution is -2.38. The Morgan fingerprint density at radius 1 is 1.17 bits per heavy atom. The number of halogens is 2. The Hall–Kier alpha value is -1.80. The van der Waals surface area contributed by atoms with Gasteiger partial charge in [-0.05, 0) is 35.2 Å². The van der Waals surface area contributed by atoms with Gasteiger partial charge in [-0.25, -0.2) is 0 Å². The van der Waals surface area contributed by atoms with Crippen molar-refractivity contribution in [1.82, 2.24) is 15.1 Å². The van der Waals surface area contributed by atoms with Gasteiger partial charge in [0.1, 0.15) is 0 Å². The molecule has 0 bridgehead atoms. The summed E-state index contributed by atoms with van der Waals surface area (Å²) in [6.07, 6.45) is 1.64. The van der Waals surface area contributed by atoms with E-state index in [9.17, 15) is 4.79 Å². The van der Waals surface area contributed by atoms with Crippen LogP contribution in [0, 0.1) is 0 Å². The van der Waals surface area contributed by atoms with Crippen LogP contribution in [0.2, 0.25) is 5.02 Å². The first kappa shape index (κ1) is 23.5. The Balaban J connectivity index is 0.00000300. The Bertz CT molecular complexity index is 858. The first-order valence-electron chi connectivity index (χ1n) is 9.57. The third kappa shape index (κ3) is 6.89. The Kier molecular flexibility index (Phi) is 9.23. The van der Waals surface area contributed by atoms with Gasteiger partial charge in [0.25, 0.3) is 0 Å². The molecule has 0 saturated carbocycles. The Labute approximate surface area is 195 Å². The van der Waals surface area contributed by atoms with E-state index >= 15 is 0 Å². The van der Waals surface area contributed by atoms with Gasteiger partial charge in [-0.3, -0.25) is 9.79 Å². The minimum Gasteiger partial charge on any atom is -0.352 e. The van der Waals surface area contributed by atoms with Crippen molar-refractivity contribution < 1.29 is 4.79 Å². The van der Waals surface area contributed by atoms with Gasteiger partial charge in [0.2, 0.25) is 5.91 Å². The average molecular weight is 527 g/mol. The number of benzene rings is 2. The van der Waals surface area contributed by atoms with Crippen molar-refractivity contribution in [2.24, 2.45) is 4.99 Å². The van der Waals surface area contributed by atoms with Gasteiger partial charge in [-0.15, -0.1) is 24.0 Å². The third-order valence-corrected chi connectivity index (χ3v) is 5.10. The van der Waals surface area contributed by atoms with Gasteiger partial charge in [0, 0.05) is 51.7 Å². The number of amides is 1. The van der Waals surface area contributed by atoms with Crippen LogP contribution in [-0.4, -0.2) is 42.3 Å². The summed E-state index contributed by atoms with van der Waals surface area (Å²) in [5.74, 6) is 1.08. The molecule has 5 nitrogen and oxygen atoms in total. The SMILES string of the molecule is CN=C(NCc1cccc(CN2CCCC2=O)c1)N(C)Cc1cccc(Cl)c1.I. The molecule has 1 amide bonds. The summed E-state index contributed by atoms with van der Waals surface area (Å²) in [4.78, 5) is 20.2. The second-order valence-corrected chi connectivity index (χ2v) is 7.56. The first-order valence-corrected chi connectivity index (χ1v) is 9.95. The second-order valence-electron chi connectivity index (χ2n) is 7.13. The minimum absolute atomic E-state index is 0. The van der Waals surface area contributed by atoms with Crippen LogP contribution in [0.15, 0.2) is 53.5 Å². The lowest BCUT2D eigenvalue weighted by Gasteiger charge is -2.22. The molecule has 7 heteroatoms. The van der Waals surface area contributed by atoms with E-state index in [4.69, 9.17) is 11.6 Å². The van der Waals surface area contributed by atoms with E-state index in [1.807, 2.05) is 36.2 Å². The van der Waals surface area contributed by atoms with Gasteiger partial charge >= 0.3 is 0 Å². The van der Waals surface area contributed by atoms with Crippen LogP contribution in [0.1, 0.15) is 29.5 Å². The van der Waals surface area contributed by atoms with Crippen molar-refractivity contribution in [1.29, 1.82) is 0 Å². The molecule has 1 saturated heterocycles. The molecular weight excluding hydrogens is 499 g/mol. The van der Waals surface area contributed by atoms with E-state index in [1.165, 1.54) is 5.56 Å². The van der Waals surface area contributed by atoms with Crippen molar-refractivity contribution in [3.63, 3.8) is 0 Å². The number of carbonyl (C=O) groups is 1. The molecule has 1 N–H and O–H groups in total. The number of guanidine groups is 1. The van der Waals surface area contributed by atoms with Gasteiger partial charge in [-0.1, -0.05) is 48.0 Å². The molecule has 1 aliphatic rings. The molecule has 156 valence electrons. The molecular formula is C22H28ClIN4O. The molecule has 29 heavy (non-hydrogen) atoms.